The van der Waals surface area contributed by atoms with Crippen LogP contribution in [-0.4, -0.2) is 33.8 Å². The topological polar surface area (TPSA) is 12.5 Å². The van der Waals surface area contributed by atoms with Crippen LogP contribution in [0.25, 0.3) is 0 Å². The molecule has 1 saturated heterocycles. The third kappa shape index (κ3) is 3.61. The Bertz CT molecular complexity index is 471. The smallest absolute Gasteiger partial charge is 0.142 e. The standard InChI is InChI=1S/C17H23NOS2/c20-16(21-14-9-15-7-3-1-4-8-15)18-12-13-19-17(18)10-5-2-6-11-17/h1,3-4,7-8H,2,5-6,9-14H2. The predicted molar refractivity (Wildman–Crippen MR) is 93.7 cm³/mol. The molecule has 1 aromatic rings. The molecule has 114 valence electrons. The van der Waals surface area contributed by atoms with E-state index in [1.165, 1.54) is 24.8 Å². The number of nitrogens with zero attached hydrogens (tertiary/aromatic N) is 1. The first-order valence-corrected chi connectivity index (χ1v) is 9.32. The molecule has 1 saturated carbocycles. The summed E-state index contributed by atoms with van der Waals surface area (Å²) in [4.78, 5) is 2.37. The van der Waals surface area contributed by atoms with Gasteiger partial charge in [0.25, 0.3) is 0 Å². The third-order valence-electron chi connectivity index (χ3n) is 4.49. The molecule has 4 heteroatoms. The van der Waals surface area contributed by atoms with Gasteiger partial charge in [0.2, 0.25) is 0 Å². The fourth-order valence-corrected chi connectivity index (χ4v) is 4.80. The van der Waals surface area contributed by atoms with Crippen molar-refractivity contribution in [2.75, 3.05) is 18.9 Å². The van der Waals surface area contributed by atoms with E-state index in [2.05, 4.69) is 35.2 Å². The lowest BCUT2D eigenvalue weighted by atomic mass is 9.91. The van der Waals surface area contributed by atoms with Crippen LogP contribution in [0.4, 0.5) is 0 Å². The van der Waals surface area contributed by atoms with E-state index in [-0.39, 0.29) is 5.72 Å². The molecule has 21 heavy (non-hydrogen) atoms. The molecule has 0 radical (unpaired) electrons. The summed E-state index contributed by atoms with van der Waals surface area (Å²) in [5.41, 5.74) is 1.33. The van der Waals surface area contributed by atoms with Gasteiger partial charge in [-0.2, -0.15) is 0 Å². The lowest BCUT2D eigenvalue weighted by Crippen LogP contribution is -2.48. The Hall–Kier alpha value is -0.580. The molecular weight excluding hydrogens is 298 g/mol. The quantitative estimate of drug-likeness (QED) is 0.772. The zero-order valence-electron chi connectivity index (χ0n) is 12.4. The second kappa shape index (κ2) is 7.12. The first-order valence-electron chi connectivity index (χ1n) is 7.92. The minimum absolute atomic E-state index is 0.0604. The number of hydrogen-bond donors (Lipinski definition) is 0. The summed E-state index contributed by atoms with van der Waals surface area (Å²) in [6, 6.07) is 10.6. The molecule has 0 N–H and O–H groups in total. The highest BCUT2D eigenvalue weighted by Gasteiger charge is 2.44. The normalized spacial score (nSPS) is 20.9. The zero-order valence-corrected chi connectivity index (χ0v) is 14.1. The van der Waals surface area contributed by atoms with Crippen LogP contribution in [0.5, 0.6) is 0 Å². The van der Waals surface area contributed by atoms with Crippen molar-refractivity contribution in [2.45, 2.75) is 44.2 Å². The second-order valence-electron chi connectivity index (χ2n) is 5.86. The van der Waals surface area contributed by atoms with Crippen LogP contribution in [0.15, 0.2) is 30.3 Å². The van der Waals surface area contributed by atoms with Gasteiger partial charge in [0.15, 0.2) is 0 Å². The third-order valence-corrected chi connectivity index (χ3v) is 5.94. The Morgan fingerprint density at radius 2 is 1.95 bits per heavy atom. The van der Waals surface area contributed by atoms with E-state index in [4.69, 9.17) is 17.0 Å². The van der Waals surface area contributed by atoms with E-state index in [0.29, 0.717) is 0 Å². The maximum absolute atomic E-state index is 6.10. The van der Waals surface area contributed by atoms with Crippen molar-refractivity contribution in [1.29, 1.82) is 0 Å². The minimum Gasteiger partial charge on any atom is -0.354 e. The van der Waals surface area contributed by atoms with Crippen LogP contribution in [-0.2, 0) is 11.2 Å². The van der Waals surface area contributed by atoms with E-state index in [1.54, 1.807) is 0 Å². The van der Waals surface area contributed by atoms with Crippen LogP contribution < -0.4 is 0 Å². The summed E-state index contributed by atoms with van der Waals surface area (Å²) in [5.74, 6) is 1.05. The molecular formula is C17H23NOS2. The number of ether oxygens (including phenoxy) is 1. The van der Waals surface area contributed by atoms with Gasteiger partial charge in [-0.3, -0.25) is 0 Å². The fourth-order valence-electron chi connectivity index (χ4n) is 3.36. The average Bonchev–Trinajstić information content (AvgIpc) is 2.92. The Morgan fingerprint density at radius 1 is 1.19 bits per heavy atom. The van der Waals surface area contributed by atoms with Crippen LogP contribution in [0.3, 0.4) is 0 Å². The van der Waals surface area contributed by atoms with Crippen molar-refractivity contribution in [3.8, 4) is 0 Å². The van der Waals surface area contributed by atoms with E-state index in [9.17, 15) is 0 Å². The lowest BCUT2D eigenvalue weighted by Gasteiger charge is -2.41. The Balaban J connectivity index is 1.52. The predicted octanol–water partition coefficient (Wildman–Crippen LogP) is 4.24. The molecule has 2 aliphatic rings. The average molecular weight is 322 g/mol. The van der Waals surface area contributed by atoms with Gasteiger partial charge in [-0.1, -0.05) is 60.7 Å². The molecule has 1 aliphatic carbocycles. The van der Waals surface area contributed by atoms with Crippen molar-refractivity contribution < 1.29 is 4.74 Å². The van der Waals surface area contributed by atoms with Gasteiger partial charge >= 0.3 is 0 Å². The summed E-state index contributed by atoms with van der Waals surface area (Å²) in [6.07, 6.45) is 7.25. The molecule has 1 aliphatic heterocycles. The van der Waals surface area contributed by atoms with E-state index in [0.717, 1.165) is 42.5 Å². The number of aryl methyl sites for hydroxylation is 1. The van der Waals surface area contributed by atoms with Crippen molar-refractivity contribution in [1.82, 2.24) is 4.90 Å². The summed E-state index contributed by atoms with van der Waals surface area (Å²) in [6.45, 7) is 1.80. The van der Waals surface area contributed by atoms with Gasteiger partial charge in [0, 0.05) is 12.3 Å². The SMILES string of the molecule is S=C(SCCc1ccccc1)N1CCOC12CCCCC2. The molecule has 0 bridgehead atoms. The number of hydrogen-bond acceptors (Lipinski definition) is 3. The number of thiocarbonyl (C=S) groups is 1. The Morgan fingerprint density at radius 3 is 2.71 bits per heavy atom. The molecule has 3 rings (SSSR count). The van der Waals surface area contributed by atoms with E-state index >= 15 is 0 Å². The maximum atomic E-state index is 6.10. The number of rotatable bonds is 3. The summed E-state index contributed by atoms with van der Waals surface area (Å²) in [5, 5.41) is 0. The molecule has 0 unspecified atom stereocenters. The minimum atomic E-state index is -0.0604. The zero-order chi connectivity index (χ0) is 14.5. The Kier molecular flexibility index (Phi) is 5.19. The van der Waals surface area contributed by atoms with Crippen LogP contribution in [0, 0.1) is 0 Å². The van der Waals surface area contributed by atoms with Gasteiger partial charge in [0.05, 0.1) is 6.61 Å². The molecule has 1 heterocycles. The second-order valence-corrected chi connectivity index (χ2v) is 7.59. The van der Waals surface area contributed by atoms with E-state index in [1.807, 2.05) is 11.8 Å². The van der Waals surface area contributed by atoms with Gasteiger partial charge in [0.1, 0.15) is 10.0 Å². The lowest BCUT2D eigenvalue weighted by molar-refractivity contribution is -0.0792. The number of thioether (sulfide) groups is 1. The van der Waals surface area contributed by atoms with Gasteiger partial charge in [-0.15, -0.1) is 0 Å². The van der Waals surface area contributed by atoms with Gasteiger partial charge in [-0.05, 0) is 37.7 Å². The molecule has 2 nitrogen and oxygen atoms in total. The fraction of sp³-hybridized carbons (Fsp3) is 0.588. The van der Waals surface area contributed by atoms with Crippen molar-refractivity contribution in [2.24, 2.45) is 0 Å². The first kappa shape index (κ1) is 15.3. The molecule has 2 fully saturated rings. The summed E-state index contributed by atoms with van der Waals surface area (Å²) >= 11 is 7.51. The van der Waals surface area contributed by atoms with Gasteiger partial charge < -0.3 is 9.64 Å². The highest BCUT2D eigenvalue weighted by molar-refractivity contribution is 8.22. The largest absolute Gasteiger partial charge is 0.354 e. The molecule has 1 aromatic carbocycles. The number of benzene rings is 1. The van der Waals surface area contributed by atoms with Crippen molar-refractivity contribution >= 4 is 28.3 Å². The molecule has 1 spiro atoms. The molecule has 0 aromatic heterocycles. The van der Waals surface area contributed by atoms with Crippen LogP contribution in [0.1, 0.15) is 37.7 Å². The Labute approximate surface area is 137 Å². The monoisotopic (exact) mass is 321 g/mol. The van der Waals surface area contributed by atoms with Gasteiger partial charge in [-0.25, -0.2) is 0 Å². The first-order chi connectivity index (χ1) is 10.3. The highest BCUT2D eigenvalue weighted by atomic mass is 32.2. The maximum Gasteiger partial charge on any atom is 0.142 e. The van der Waals surface area contributed by atoms with Crippen LogP contribution in [0.2, 0.25) is 0 Å². The molecule has 0 atom stereocenters. The van der Waals surface area contributed by atoms with Crippen LogP contribution >= 0.6 is 24.0 Å². The van der Waals surface area contributed by atoms with E-state index < -0.39 is 0 Å². The molecule has 0 amide bonds. The summed E-state index contributed by atoms with van der Waals surface area (Å²) < 4.78 is 7.14. The van der Waals surface area contributed by atoms with Crippen molar-refractivity contribution in [3.05, 3.63) is 35.9 Å². The highest BCUT2D eigenvalue weighted by Crippen LogP contribution is 2.39. The summed E-state index contributed by atoms with van der Waals surface area (Å²) in [7, 11) is 0. The van der Waals surface area contributed by atoms with Crippen molar-refractivity contribution in [3.63, 3.8) is 0 Å².